The van der Waals surface area contributed by atoms with Crippen LogP contribution in [0.5, 0.6) is 0 Å². The summed E-state index contributed by atoms with van der Waals surface area (Å²) in [4.78, 5) is 11.2. The second-order valence-electron chi connectivity index (χ2n) is 3.60. The molecule has 8 heteroatoms. The largest absolute Gasteiger partial charge is 0.375 e. The number of nitrogens with one attached hydrogen (secondary N) is 1. The second kappa shape index (κ2) is 5.85. The van der Waals surface area contributed by atoms with Crippen molar-refractivity contribution in [1.82, 2.24) is 0 Å². The van der Waals surface area contributed by atoms with Crippen LogP contribution < -0.4 is 5.32 Å². The maximum Gasteiger partial charge on any atom is 0.295 e. The Labute approximate surface area is 125 Å². The highest BCUT2D eigenvalue weighted by Gasteiger charge is 2.17. The summed E-state index contributed by atoms with van der Waals surface area (Å²) < 4.78 is 14.1. The zero-order valence-corrected chi connectivity index (χ0v) is 12.5. The van der Waals surface area contributed by atoms with E-state index in [1.165, 1.54) is 17.4 Å². The predicted octanol–water partition coefficient (Wildman–Crippen LogP) is 4.82. The average Bonchev–Trinajstić information content (AvgIpc) is 2.76. The van der Waals surface area contributed by atoms with Gasteiger partial charge in [0.1, 0.15) is 11.5 Å². The van der Waals surface area contributed by atoms with Crippen LogP contribution >= 0.6 is 38.9 Å². The highest BCUT2D eigenvalue weighted by Crippen LogP contribution is 2.31. The van der Waals surface area contributed by atoms with E-state index in [4.69, 9.17) is 11.6 Å². The van der Waals surface area contributed by atoms with Gasteiger partial charge in [0.2, 0.25) is 0 Å². The molecule has 1 aromatic heterocycles. The molecule has 0 saturated heterocycles. The van der Waals surface area contributed by atoms with Gasteiger partial charge < -0.3 is 5.32 Å². The Morgan fingerprint density at radius 3 is 2.79 bits per heavy atom. The van der Waals surface area contributed by atoms with Crippen molar-refractivity contribution in [2.45, 2.75) is 6.54 Å². The van der Waals surface area contributed by atoms with Crippen molar-refractivity contribution in [2.24, 2.45) is 0 Å². The summed E-state index contributed by atoms with van der Waals surface area (Å²) in [6.07, 6.45) is 0. The summed E-state index contributed by atoms with van der Waals surface area (Å²) in [5.41, 5.74) is -0.0499. The number of hydrogen-bond acceptors (Lipinski definition) is 4. The Balaban J connectivity index is 2.23. The van der Waals surface area contributed by atoms with Gasteiger partial charge in [0, 0.05) is 11.4 Å². The fourth-order valence-electron chi connectivity index (χ4n) is 1.46. The normalized spacial score (nSPS) is 10.5. The van der Waals surface area contributed by atoms with Gasteiger partial charge in [-0.15, -0.1) is 11.3 Å². The first-order valence-corrected chi connectivity index (χ1v) is 7.07. The topological polar surface area (TPSA) is 55.2 Å². The molecule has 1 heterocycles. The lowest BCUT2D eigenvalue weighted by Gasteiger charge is -2.07. The van der Waals surface area contributed by atoms with Crippen molar-refractivity contribution in [2.75, 3.05) is 5.32 Å². The number of rotatable bonds is 4. The van der Waals surface area contributed by atoms with E-state index in [2.05, 4.69) is 21.2 Å². The van der Waals surface area contributed by atoms with Crippen LogP contribution in [0.1, 0.15) is 4.88 Å². The van der Waals surface area contributed by atoms with Gasteiger partial charge in [0.25, 0.3) is 5.69 Å². The van der Waals surface area contributed by atoms with Crippen LogP contribution in [0.25, 0.3) is 0 Å². The standard InChI is InChI=1S/C11H7BrClFN2O2S/c12-7-3-9(10(16(17)18)4-8(7)14)15-5-6-1-2-11(13)19-6/h1-4,15H,5H2. The highest BCUT2D eigenvalue weighted by atomic mass is 79.9. The third-order valence-electron chi connectivity index (χ3n) is 2.32. The Hall–Kier alpha value is -1.18. The van der Waals surface area contributed by atoms with Crippen LogP contribution in [0.15, 0.2) is 28.7 Å². The van der Waals surface area contributed by atoms with Crippen LogP contribution in [0, 0.1) is 15.9 Å². The fraction of sp³-hybridized carbons (Fsp3) is 0.0909. The molecule has 0 aliphatic carbocycles. The minimum Gasteiger partial charge on any atom is -0.375 e. The molecule has 0 bridgehead atoms. The molecule has 4 nitrogen and oxygen atoms in total. The van der Waals surface area contributed by atoms with E-state index in [1.54, 1.807) is 6.07 Å². The monoisotopic (exact) mass is 364 g/mol. The van der Waals surface area contributed by atoms with Crippen LogP contribution in [0.3, 0.4) is 0 Å². The fourth-order valence-corrected chi connectivity index (χ4v) is 2.83. The SMILES string of the molecule is O=[N+]([O-])c1cc(F)c(Br)cc1NCc1ccc(Cl)s1. The van der Waals surface area contributed by atoms with Gasteiger partial charge in [-0.05, 0) is 34.1 Å². The number of nitro benzene ring substituents is 1. The van der Waals surface area contributed by atoms with E-state index in [0.717, 1.165) is 10.9 Å². The Kier molecular flexibility index (Phi) is 4.38. The minimum absolute atomic E-state index is 0.171. The van der Waals surface area contributed by atoms with Crippen LogP contribution in [0.4, 0.5) is 15.8 Å². The van der Waals surface area contributed by atoms with Crippen molar-refractivity contribution < 1.29 is 9.31 Å². The van der Waals surface area contributed by atoms with Crippen molar-refractivity contribution in [3.8, 4) is 0 Å². The van der Waals surface area contributed by atoms with Gasteiger partial charge in [-0.3, -0.25) is 10.1 Å². The first-order valence-electron chi connectivity index (χ1n) is 5.09. The molecular weight excluding hydrogens is 359 g/mol. The lowest BCUT2D eigenvalue weighted by molar-refractivity contribution is -0.384. The minimum atomic E-state index is -0.670. The first kappa shape index (κ1) is 14.2. The number of halogens is 3. The second-order valence-corrected chi connectivity index (χ2v) is 6.25. The summed E-state index contributed by atoms with van der Waals surface area (Å²) >= 11 is 10.2. The molecule has 0 amide bonds. The maximum absolute atomic E-state index is 13.3. The summed E-state index contributed by atoms with van der Waals surface area (Å²) in [7, 11) is 0. The molecule has 0 radical (unpaired) electrons. The van der Waals surface area contributed by atoms with Crippen molar-refractivity contribution in [3.05, 3.63) is 53.9 Å². The number of benzene rings is 1. The third kappa shape index (κ3) is 3.43. The molecular formula is C11H7BrClFN2O2S. The van der Waals surface area contributed by atoms with Gasteiger partial charge in [-0.1, -0.05) is 11.6 Å². The highest BCUT2D eigenvalue weighted by molar-refractivity contribution is 9.10. The molecule has 0 fully saturated rings. The van der Waals surface area contributed by atoms with E-state index in [-0.39, 0.29) is 15.8 Å². The van der Waals surface area contributed by atoms with E-state index in [9.17, 15) is 14.5 Å². The van der Waals surface area contributed by atoms with E-state index < -0.39 is 10.7 Å². The van der Waals surface area contributed by atoms with Crippen LogP contribution in [-0.2, 0) is 6.54 Å². The molecule has 1 aromatic carbocycles. The van der Waals surface area contributed by atoms with Gasteiger partial charge in [-0.2, -0.15) is 0 Å². The Morgan fingerprint density at radius 2 is 2.21 bits per heavy atom. The number of nitro groups is 1. The smallest absolute Gasteiger partial charge is 0.295 e. The molecule has 100 valence electrons. The molecule has 2 aromatic rings. The molecule has 0 aliphatic heterocycles. The average molecular weight is 366 g/mol. The lowest BCUT2D eigenvalue weighted by atomic mass is 10.2. The number of thiophene rings is 1. The number of hydrogen-bond donors (Lipinski definition) is 1. The first-order chi connectivity index (χ1) is 8.97. The zero-order chi connectivity index (χ0) is 14.0. The van der Waals surface area contributed by atoms with E-state index in [0.29, 0.717) is 10.9 Å². The zero-order valence-electron chi connectivity index (χ0n) is 9.32. The molecule has 19 heavy (non-hydrogen) atoms. The summed E-state index contributed by atoms with van der Waals surface area (Å²) in [6, 6.07) is 5.80. The van der Waals surface area contributed by atoms with Gasteiger partial charge in [0.15, 0.2) is 0 Å². The maximum atomic E-state index is 13.3. The summed E-state index contributed by atoms with van der Waals surface area (Å²) in [5.74, 6) is -0.670. The summed E-state index contributed by atoms with van der Waals surface area (Å²) in [6.45, 7) is 0.385. The predicted molar refractivity (Wildman–Crippen MR) is 77.4 cm³/mol. The van der Waals surface area contributed by atoms with E-state index >= 15 is 0 Å². The lowest BCUT2D eigenvalue weighted by Crippen LogP contribution is -2.02. The molecule has 0 atom stereocenters. The van der Waals surface area contributed by atoms with Crippen molar-refractivity contribution in [1.29, 1.82) is 0 Å². The van der Waals surface area contributed by atoms with Crippen LogP contribution in [-0.4, -0.2) is 4.92 Å². The molecule has 1 N–H and O–H groups in total. The number of nitrogens with zero attached hydrogens (tertiary/aromatic N) is 1. The quantitative estimate of drug-likeness (QED) is 0.624. The van der Waals surface area contributed by atoms with Crippen LogP contribution in [0.2, 0.25) is 4.34 Å². The van der Waals surface area contributed by atoms with E-state index in [1.807, 2.05) is 6.07 Å². The van der Waals surface area contributed by atoms with Gasteiger partial charge in [-0.25, -0.2) is 4.39 Å². The summed E-state index contributed by atoms with van der Waals surface area (Å²) in [5, 5.41) is 13.8. The van der Waals surface area contributed by atoms with Crippen molar-refractivity contribution >= 4 is 50.2 Å². The molecule has 0 aliphatic rings. The van der Waals surface area contributed by atoms with Crippen molar-refractivity contribution in [3.63, 3.8) is 0 Å². The molecule has 0 spiro atoms. The third-order valence-corrected chi connectivity index (χ3v) is 4.16. The molecule has 0 saturated carbocycles. The molecule has 0 unspecified atom stereocenters. The Morgan fingerprint density at radius 1 is 1.47 bits per heavy atom. The van der Waals surface area contributed by atoms with Gasteiger partial charge >= 0.3 is 0 Å². The Bertz CT molecular complexity index is 635. The van der Waals surface area contributed by atoms with Gasteiger partial charge in [0.05, 0.1) is 19.8 Å². The molecule has 2 rings (SSSR count). The number of anilines is 1.